The molecular weight excluding hydrogens is 302 g/mol. The van der Waals surface area contributed by atoms with Gasteiger partial charge in [-0.3, -0.25) is 0 Å². The Morgan fingerprint density at radius 1 is 1.16 bits per heavy atom. The lowest BCUT2D eigenvalue weighted by atomic mass is 10.1. The van der Waals surface area contributed by atoms with E-state index in [1.54, 1.807) is 0 Å². The monoisotopic (exact) mass is 319 g/mol. The molecule has 0 bridgehead atoms. The van der Waals surface area contributed by atoms with E-state index >= 15 is 0 Å². The first kappa shape index (κ1) is 12.9. The lowest BCUT2D eigenvalue weighted by molar-refractivity contribution is 0.166. The lowest BCUT2D eigenvalue weighted by Crippen LogP contribution is -1.98. The van der Waals surface area contributed by atoms with Crippen molar-refractivity contribution in [2.24, 2.45) is 0 Å². The van der Waals surface area contributed by atoms with Crippen LogP contribution in [0.3, 0.4) is 0 Å². The number of hydrogen-bond acceptors (Lipinski definition) is 1. The number of halogens is 1. The molecule has 0 aliphatic heterocycles. The normalized spacial score (nSPS) is 18.9. The molecule has 0 saturated heterocycles. The molecule has 1 aromatic carbocycles. The summed E-state index contributed by atoms with van der Waals surface area (Å²) >= 11 is 3.45. The van der Waals surface area contributed by atoms with Crippen LogP contribution in [0, 0.1) is 0 Å². The molecule has 0 fully saturated rings. The van der Waals surface area contributed by atoms with Crippen molar-refractivity contribution in [2.45, 2.75) is 38.3 Å². The maximum Gasteiger partial charge on any atom is 0.0807 e. The second kappa shape index (κ2) is 5.51. The topological polar surface area (TPSA) is 25.2 Å². The summed E-state index contributed by atoms with van der Waals surface area (Å²) in [7, 11) is 0. The number of aryl methyl sites for hydroxylation is 1. The summed E-state index contributed by atoms with van der Waals surface area (Å²) in [4.78, 5) is 0. The number of nitrogens with zero attached hydrogens (tertiary/aromatic N) is 1. The molecule has 1 atom stereocenters. The van der Waals surface area contributed by atoms with Gasteiger partial charge in [-0.15, -0.1) is 0 Å². The molecule has 3 heteroatoms. The first-order valence-electron chi connectivity index (χ1n) is 6.83. The first-order valence-corrected chi connectivity index (χ1v) is 7.63. The third kappa shape index (κ3) is 2.93. The maximum absolute atomic E-state index is 10.1. The fourth-order valence-corrected chi connectivity index (χ4v) is 3.05. The molecule has 3 rings (SSSR count). The van der Waals surface area contributed by atoms with Gasteiger partial charge in [-0.1, -0.05) is 34.5 Å². The molecule has 1 aliphatic carbocycles. The van der Waals surface area contributed by atoms with Crippen molar-refractivity contribution >= 4 is 15.9 Å². The summed E-state index contributed by atoms with van der Waals surface area (Å²) in [6.07, 6.45) is 8.35. The molecule has 1 N–H and O–H groups in total. The Bertz CT molecular complexity index is 559. The summed E-state index contributed by atoms with van der Waals surface area (Å²) in [6, 6.07) is 8.40. The molecule has 1 aromatic heterocycles. The Balaban J connectivity index is 1.82. The van der Waals surface area contributed by atoms with E-state index in [1.807, 2.05) is 0 Å². The lowest BCUT2D eigenvalue weighted by Gasteiger charge is -2.06. The van der Waals surface area contributed by atoms with Crippen LogP contribution in [-0.2, 0) is 13.0 Å². The van der Waals surface area contributed by atoms with Crippen LogP contribution in [0.1, 0.15) is 42.1 Å². The molecule has 0 spiro atoms. The molecule has 19 heavy (non-hydrogen) atoms. The van der Waals surface area contributed by atoms with E-state index in [-0.39, 0.29) is 6.10 Å². The molecule has 2 nitrogen and oxygen atoms in total. The van der Waals surface area contributed by atoms with Crippen LogP contribution in [0.2, 0.25) is 0 Å². The summed E-state index contributed by atoms with van der Waals surface area (Å²) < 4.78 is 3.30. The minimum atomic E-state index is -0.274. The maximum atomic E-state index is 10.1. The van der Waals surface area contributed by atoms with Crippen LogP contribution < -0.4 is 0 Å². The van der Waals surface area contributed by atoms with Crippen molar-refractivity contribution in [1.82, 2.24) is 4.57 Å². The zero-order chi connectivity index (χ0) is 13.2. The largest absolute Gasteiger partial charge is 0.388 e. The highest BCUT2D eigenvalue weighted by Crippen LogP contribution is 2.29. The van der Waals surface area contributed by atoms with Crippen molar-refractivity contribution in [3.63, 3.8) is 0 Å². The summed E-state index contributed by atoms with van der Waals surface area (Å²) in [5.41, 5.74) is 3.74. The van der Waals surface area contributed by atoms with Crippen molar-refractivity contribution in [1.29, 1.82) is 0 Å². The predicted molar refractivity (Wildman–Crippen MR) is 80.2 cm³/mol. The van der Waals surface area contributed by atoms with Gasteiger partial charge in [0.15, 0.2) is 0 Å². The third-order valence-corrected chi connectivity index (χ3v) is 4.34. The highest BCUT2D eigenvalue weighted by Gasteiger charge is 2.18. The second-order valence-corrected chi connectivity index (χ2v) is 6.21. The van der Waals surface area contributed by atoms with Crippen LogP contribution in [0.5, 0.6) is 0 Å². The van der Waals surface area contributed by atoms with Crippen LogP contribution in [0.15, 0.2) is 41.1 Å². The minimum Gasteiger partial charge on any atom is -0.388 e. The Morgan fingerprint density at radius 3 is 2.74 bits per heavy atom. The molecule has 1 heterocycles. The molecule has 2 aromatic rings. The second-order valence-electron chi connectivity index (χ2n) is 5.30. The fourth-order valence-electron chi connectivity index (χ4n) is 2.78. The van der Waals surface area contributed by atoms with Crippen molar-refractivity contribution in [2.75, 3.05) is 0 Å². The summed E-state index contributed by atoms with van der Waals surface area (Å²) in [6.45, 7) is 0.868. The van der Waals surface area contributed by atoms with Crippen molar-refractivity contribution < 1.29 is 5.11 Å². The van der Waals surface area contributed by atoms with E-state index < -0.39 is 0 Å². The van der Waals surface area contributed by atoms with Crippen molar-refractivity contribution in [3.8, 4) is 0 Å². The van der Waals surface area contributed by atoms with Gasteiger partial charge in [-0.25, -0.2) is 0 Å². The van der Waals surface area contributed by atoms with Gasteiger partial charge < -0.3 is 9.67 Å². The standard InChI is InChI=1S/C16H18BrNO/c17-14-7-5-12(6-8-14)9-18-10-13-3-1-2-4-16(19)15(13)11-18/h5-8,10-11,16,19H,1-4,9H2. The summed E-state index contributed by atoms with van der Waals surface area (Å²) in [5, 5.41) is 10.1. The smallest absolute Gasteiger partial charge is 0.0807 e. The van der Waals surface area contributed by atoms with E-state index in [0.717, 1.165) is 35.8 Å². The predicted octanol–water partition coefficient (Wildman–Crippen LogP) is 4.06. The van der Waals surface area contributed by atoms with Gasteiger partial charge in [-0.05, 0) is 42.5 Å². The number of benzene rings is 1. The van der Waals surface area contributed by atoms with Crippen LogP contribution in [0.25, 0.3) is 0 Å². The molecule has 1 aliphatic rings. The SMILES string of the molecule is OC1CCCCc2cn(Cc3ccc(Br)cc3)cc21. The van der Waals surface area contributed by atoms with Crippen LogP contribution >= 0.6 is 15.9 Å². The molecule has 0 amide bonds. The van der Waals surface area contributed by atoms with Gasteiger partial charge >= 0.3 is 0 Å². The van der Waals surface area contributed by atoms with Crippen molar-refractivity contribution in [3.05, 3.63) is 57.8 Å². The van der Waals surface area contributed by atoms with Gasteiger partial charge in [0, 0.05) is 29.0 Å². The number of hydrogen-bond donors (Lipinski definition) is 1. The van der Waals surface area contributed by atoms with Gasteiger partial charge in [0.1, 0.15) is 0 Å². The minimum absolute atomic E-state index is 0.274. The number of rotatable bonds is 2. The van der Waals surface area contributed by atoms with E-state index in [2.05, 4.69) is 57.2 Å². The van der Waals surface area contributed by atoms with Gasteiger partial charge in [0.2, 0.25) is 0 Å². The quantitative estimate of drug-likeness (QED) is 0.830. The Kier molecular flexibility index (Phi) is 3.76. The van der Waals surface area contributed by atoms with Gasteiger partial charge in [0.25, 0.3) is 0 Å². The number of aromatic nitrogens is 1. The van der Waals surface area contributed by atoms with E-state index in [9.17, 15) is 5.11 Å². The van der Waals surface area contributed by atoms with E-state index in [0.29, 0.717) is 0 Å². The fraction of sp³-hybridized carbons (Fsp3) is 0.375. The van der Waals surface area contributed by atoms with Crippen LogP contribution in [0.4, 0.5) is 0 Å². The highest BCUT2D eigenvalue weighted by molar-refractivity contribution is 9.10. The van der Waals surface area contributed by atoms with E-state index in [4.69, 9.17) is 0 Å². The Hall–Kier alpha value is -1.06. The van der Waals surface area contributed by atoms with Gasteiger partial charge in [0.05, 0.1) is 6.10 Å². The number of fused-ring (bicyclic) bond motifs is 1. The third-order valence-electron chi connectivity index (χ3n) is 3.81. The molecular formula is C16H18BrNO. The van der Waals surface area contributed by atoms with Crippen LogP contribution in [-0.4, -0.2) is 9.67 Å². The molecule has 0 saturated carbocycles. The van der Waals surface area contributed by atoms with Gasteiger partial charge in [-0.2, -0.15) is 0 Å². The Morgan fingerprint density at radius 2 is 1.95 bits per heavy atom. The summed E-state index contributed by atoms with van der Waals surface area (Å²) in [5.74, 6) is 0. The Labute approximate surface area is 122 Å². The first-order chi connectivity index (χ1) is 9.22. The average Bonchev–Trinajstić information content (AvgIpc) is 2.72. The zero-order valence-corrected chi connectivity index (χ0v) is 12.4. The molecule has 100 valence electrons. The van der Waals surface area contributed by atoms with E-state index in [1.165, 1.54) is 17.5 Å². The number of aliphatic hydroxyl groups is 1. The highest BCUT2D eigenvalue weighted by atomic mass is 79.9. The zero-order valence-electron chi connectivity index (χ0n) is 10.8. The molecule has 1 unspecified atom stereocenters. The molecule has 0 radical (unpaired) electrons. The number of aliphatic hydroxyl groups excluding tert-OH is 1. The average molecular weight is 320 g/mol.